The Labute approximate surface area is 142 Å². The Morgan fingerprint density at radius 1 is 1.00 bits per heavy atom. The number of aliphatic hydroxyl groups is 1. The minimum absolute atomic E-state index is 0.273. The SMILES string of the molecule is O[C@@](C1=CC=CC(F)(F)C1)(c1ccccc1)c1cccc(Br)c1. The molecule has 4 heteroatoms. The number of hydrogen-bond donors (Lipinski definition) is 1. The summed E-state index contributed by atoms with van der Waals surface area (Å²) in [6.45, 7) is 0. The van der Waals surface area contributed by atoms with Gasteiger partial charge in [-0.1, -0.05) is 70.5 Å². The number of rotatable bonds is 3. The van der Waals surface area contributed by atoms with Crippen LogP contribution in [0.25, 0.3) is 0 Å². The molecule has 0 aliphatic heterocycles. The fourth-order valence-electron chi connectivity index (χ4n) is 2.86. The maximum Gasteiger partial charge on any atom is 0.270 e. The van der Waals surface area contributed by atoms with Crippen LogP contribution in [0.5, 0.6) is 0 Å². The van der Waals surface area contributed by atoms with Gasteiger partial charge < -0.3 is 5.11 Å². The molecule has 1 nitrogen and oxygen atoms in total. The van der Waals surface area contributed by atoms with Gasteiger partial charge in [0.2, 0.25) is 0 Å². The predicted molar refractivity (Wildman–Crippen MR) is 90.4 cm³/mol. The van der Waals surface area contributed by atoms with E-state index in [1.807, 2.05) is 12.1 Å². The molecule has 0 unspecified atom stereocenters. The van der Waals surface area contributed by atoms with Crippen molar-refractivity contribution >= 4 is 15.9 Å². The van der Waals surface area contributed by atoms with Crippen LogP contribution in [0.4, 0.5) is 8.78 Å². The summed E-state index contributed by atoms with van der Waals surface area (Å²) in [6, 6.07) is 16.0. The maximum absolute atomic E-state index is 13.8. The molecule has 3 rings (SSSR count). The molecule has 1 N–H and O–H groups in total. The zero-order valence-electron chi connectivity index (χ0n) is 12.2. The van der Waals surface area contributed by atoms with Crippen LogP contribution in [0.15, 0.2) is 82.9 Å². The van der Waals surface area contributed by atoms with E-state index in [1.165, 1.54) is 6.08 Å². The van der Waals surface area contributed by atoms with Crippen LogP contribution in [0, 0.1) is 0 Å². The number of hydrogen-bond acceptors (Lipinski definition) is 1. The molecule has 1 atom stereocenters. The van der Waals surface area contributed by atoms with Gasteiger partial charge in [-0.15, -0.1) is 0 Å². The minimum Gasteiger partial charge on any atom is -0.376 e. The second-order valence-corrected chi connectivity index (χ2v) is 6.49. The average molecular weight is 377 g/mol. The lowest BCUT2D eigenvalue weighted by Crippen LogP contribution is -2.34. The summed E-state index contributed by atoms with van der Waals surface area (Å²) < 4.78 is 28.5. The van der Waals surface area contributed by atoms with Crippen LogP contribution in [0.2, 0.25) is 0 Å². The van der Waals surface area contributed by atoms with Crippen molar-refractivity contribution in [3.8, 4) is 0 Å². The summed E-state index contributed by atoms with van der Waals surface area (Å²) in [7, 11) is 0. The highest BCUT2D eigenvalue weighted by atomic mass is 79.9. The fraction of sp³-hybridized carbons (Fsp3) is 0.158. The zero-order valence-corrected chi connectivity index (χ0v) is 13.8. The van der Waals surface area contributed by atoms with Crippen LogP contribution >= 0.6 is 15.9 Å². The molecule has 0 aromatic heterocycles. The van der Waals surface area contributed by atoms with Gasteiger partial charge in [0.25, 0.3) is 5.92 Å². The molecule has 2 aromatic carbocycles. The van der Waals surface area contributed by atoms with E-state index in [-0.39, 0.29) is 5.57 Å². The van der Waals surface area contributed by atoms with Crippen LogP contribution in [0.1, 0.15) is 17.5 Å². The molecule has 0 saturated carbocycles. The first kappa shape index (κ1) is 16.1. The molecule has 23 heavy (non-hydrogen) atoms. The molecule has 1 aliphatic rings. The molecule has 0 fully saturated rings. The van der Waals surface area contributed by atoms with Crippen molar-refractivity contribution in [1.82, 2.24) is 0 Å². The van der Waals surface area contributed by atoms with Gasteiger partial charge in [-0.05, 0) is 34.9 Å². The summed E-state index contributed by atoms with van der Waals surface area (Å²) in [5.41, 5.74) is -0.209. The molecule has 118 valence electrons. The van der Waals surface area contributed by atoms with Crippen molar-refractivity contribution in [1.29, 1.82) is 0 Å². The van der Waals surface area contributed by atoms with E-state index in [9.17, 15) is 13.9 Å². The number of alkyl halides is 2. The van der Waals surface area contributed by atoms with E-state index in [0.717, 1.165) is 10.5 Å². The van der Waals surface area contributed by atoms with Gasteiger partial charge in [-0.3, -0.25) is 0 Å². The second kappa shape index (κ2) is 6.02. The molecule has 2 aromatic rings. The maximum atomic E-state index is 13.8. The van der Waals surface area contributed by atoms with E-state index < -0.39 is 17.9 Å². The zero-order chi connectivity index (χ0) is 16.5. The van der Waals surface area contributed by atoms with Crippen LogP contribution in [-0.4, -0.2) is 11.0 Å². The number of halogens is 3. The molecule has 1 aliphatic carbocycles. The standard InChI is InChI=1S/C19H15BrF2O/c20-17-10-4-8-15(12-17)19(23,14-6-2-1-3-7-14)16-9-5-11-18(21,22)13-16/h1-12,23H,13H2/t19-/m0/s1. The largest absolute Gasteiger partial charge is 0.376 e. The van der Waals surface area contributed by atoms with Gasteiger partial charge in [-0.2, -0.15) is 0 Å². The lowest BCUT2D eigenvalue weighted by Gasteiger charge is -2.35. The lowest BCUT2D eigenvalue weighted by molar-refractivity contribution is 0.0336. The Kier molecular flexibility index (Phi) is 4.21. The van der Waals surface area contributed by atoms with Crippen molar-refractivity contribution in [2.45, 2.75) is 17.9 Å². The average Bonchev–Trinajstić information content (AvgIpc) is 2.54. The first-order chi connectivity index (χ1) is 10.9. The highest BCUT2D eigenvalue weighted by Gasteiger charge is 2.41. The summed E-state index contributed by atoms with van der Waals surface area (Å²) in [6.07, 6.45) is 3.24. The normalized spacial score (nSPS) is 19.0. The minimum atomic E-state index is -2.96. The van der Waals surface area contributed by atoms with Gasteiger partial charge in [-0.25, -0.2) is 8.78 Å². The molecular weight excluding hydrogens is 362 g/mol. The van der Waals surface area contributed by atoms with Crippen molar-refractivity contribution in [2.24, 2.45) is 0 Å². The monoisotopic (exact) mass is 376 g/mol. The fourth-order valence-corrected chi connectivity index (χ4v) is 3.25. The van der Waals surface area contributed by atoms with E-state index in [2.05, 4.69) is 15.9 Å². The summed E-state index contributed by atoms with van der Waals surface area (Å²) in [5.74, 6) is -2.96. The summed E-state index contributed by atoms with van der Waals surface area (Å²) in [5, 5.41) is 11.5. The smallest absolute Gasteiger partial charge is 0.270 e. The molecule has 0 amide bonds. The van der Waals surface area contributed by atoms with Crippen LogP contribution < -0.4 is 0 Å². The molecule has 0 radical (unpaired) electrons. The third-order valence-electron chi connectivity index (χ3n) is 3.96. The van der Waals surface area contributed by atoms with Crippen molar-refractivity contribution in [3.05, 3.63) is 94.0 Å². The van der Waals surface area contributed by atoms with E-state index in [4.69, 9.17) is 0 Å². The topological polar surface area (TPSA) is 20.2 Å². The Hall–Kier alpha value is -1.78. The van der Waals surface area contributed by atoms with Gasteiger partial charge in [0, 0.05) is 10.9 Å². The first-order valence-corrected chi connectivity index (χ1v) is 8.02. The van der Waals surface area contributed by atoms with Crippen molar-refractivity contribution in [2.75, 3.05) is 0 Å². The Bertz CT molecular complexity index is 768. The van der Waals surface area contributed by atoms with Gasteiger partial charge in [0.05, 0.1) is 0 Å². The van der Waals surface area contributed by atoms with Crippen LogP contribution in [0.3, 0.4) is 0 Å². The third kappa shape index (κ3) is 3.14. The molecule has 0 heterocycles. The third-order valence-corrected chi connectivity index (χ3v) is 4.46. The summed E-state index contributed by atoms with van der Waals surface area (Å²) >= 11 is 3.38. The molecule has 0 spiro atoms. The molecule has 0 bridgehead atoms. The van der Waals surface area contributed by atoms with Gasteiger partial charge in [0.1, 0.15) is 5.60 Å². The highest BCUT2D eigenvalue weighted by molar-refractivity contribution is 9.10. The van der Waals surface area contributed by atoms with E-state index >= 15 is 0 Å². The van der Waals surface area contributed by atoms with Crippen molar-refractivity contribution < 1.29 is 13.9 Å². The van der Waals surface area contributed by atoms with Crippen LogP contribution in [-0.2, 0) is 5.60 Å². The second-order valence-electron chi connectivity index (χ2n) is 5.58. The van der Waals surface area contributed by atoms with Gasteiger partial charge in [0.15, 0.2) is 0 Å². The number of allylic oxidation sites excluding steroid dienone is 3. The number of benzene rings is 2. The van der Waals surface area contributed by atoms with E-state index in [1.54, 1.807) is 48.5 Å². The Balaban J connectivity index is 2.19. The van der Waals surface area contributed by atoms with Crippen molar-refractivity contribution in [3.63, 3.8) is 0 Å². The molecular formula is C19H15BrF2O. The lowest BCUT2D eigenvalue weighted by atomic mass is 9.76. The summed E-state index contributed by atoms with van der Waals surface area (Å²) in [4.78, 5) is 0. The first-order valence-electron chi connectivity index (χ1n) is 7.22. The Morgan fingerprint density at radius 2 is 1.70 bits per heavy atom. The van der Waals surface area contributed by atoms with E-state index in [0.29, 0.717) is 11.1 Å². The highest BCUT2D eigenvalue weighted by Crippen LogP contribution is 2.43. The quantitative estimate of drug-likeness (QED) is 0.779. The Morgan fingerprint density at radius 3 is 2.35 bits per heavy atom. The van der Waals surface area contributed by atoms with Gasteiger partial charge >= 0.3 is 0 Å². The molecule has 0 saturated heterocycles. The predicted octanol–water partition coefficient (Wildman–Crippen LogP) is 5.21.